The molecule has 0 saturated heterocycles. The third kappa shape index (κ3) is 12.2. The van der Waals surface area contributed by atoms with Crippen molar-refractivity contribution in [3.8, 4) is 0 Å². The number of hydrogen-bond donors (Lipinski definition) is 1. The second-order valence-electron chi connectivity index (χ2n) is 10.6. The van der Waals surface area contributed by atoms with Crippen molar-refractivity contribution < 1.29 is 33.8 Å². The number of hydrogen-bond acceptors (Lipinski definition) is 10. The van der Waals surface area contributed by atoms with E-state index >= 15 is 0 Å². The van der Waals surface area contributed by atoms with E-state index in [2.05, 4.69) is 29.2 Å². The maximum Gasteiger partial charge on any atom is 0.328 e. The van der Waals surface area contributed by atoms with E-state index in [9.17, 15) is 24.5 Å². The molecule has 0 bridgehead atoms. The maximum atomic E-state index is 14.0. The quantitative estimate of drug-likeness (QED) is 0.103. The van der Waals surface area contributed by atoms with Crippen molar-refractivity contribution in [1.29, 1.82) is 0 Å². The van der Waals surface area contributed by atoms with Gasteiger partial charge in [-0.25, -0.2) is 4.79 Å². The third-order valence-corrected chi connectivity index (χ3v) is 8.43. The van der Waals surface area contributed by atoms with E-state index in [-0.39, 0.29) is 37.7 Å². The van der Waals surface area contributed by atoms with Crippen LogP contribution >= 0.6 is 11.8 Å². The molecule has 0 heterocycles. The summed E-state index contributed by atoms with van der Waals surface area (Å²) >= 11 is 1.37. The highest BCUT2D eigenvalue weighted by Gasteiger charge is 2.39. The molecule has 1 saturated carbocycles. The fourth-order valence-electron chi connectivity index (χ4n) is 5.29. The Bertz CT molecular complexity index is 986. The Balaban J connectivity index is 2.08. The van der Waals surface area contributed by atoms with Gasteiger partial charge in [-0.15, -0.1) is 10.1 Å². The highest BCUT2D eigenvalue weighted by molar-refractivity contribution is 7.99. The first kappa shape index (κ1) is 35.3. The number of carbonyl (C=O) groups is 3. The minimum atomic E-state index is -0.838. The van der Waals surface area contributed by atoms with Gasteiger partial charge >= 0.3 is 11.9 Å². The summed E-state index contributed by atoms with van der Waals surface area (Å²) in [6.07, 6.45) is 15.9. The molecule has 0 aromatic rings. The van der Waals surface area contributed by atoms with Gasteiger partial charge in [0.1, 0.15) is 25.3 Å². The Morgan fingerprint density at radius 3 is 2.57 bits per heavy atom. The lowest BCUT2D eigenvalue weighted by atomic mass is 9.84. The van der Waals surface area contributed by atoms with Gasteiger partial charge in [0.2, 0.25) is 5.91 Å². The Labute approximate surface area is 253 Å². The number of rotatable bonds is 18. The van der Waals surface area contributed by atoms with Crippen LogP contribution in [0.1, 0.15) is 72.6 Å². The van der Waals surface area contributed by atoms with Gasteiger partial charge in [0.25, 0.3) is 5.09 Å². The van der Waals surface area contributed by atoms with Gasteiger partial charge in [-0.2, -0.15) is 11.8 Å². The van der Waals surface area contributed by atoms with Gasteiger partial charge in [0.05, 0.1) is 12.6 Å². The van der Waals surface area contributed by atoms with Gasteiger partial charge in [-0.05, 0) is 58.8 Å². The first-order valence-corrected chi connectivity index (χ1v) is 16.1. The highest BCUT2D eigenvalue weighted by Crippen LogP contribution is 2.30. The van der Waals surface area contributed by atoms with Crippen LogP contribution in [0.15, 0.2) is 36.0 Å². The van der Waals surface area contributed by atoms with Crippen LogP contribution in [-0.2, 0) is 28.7 Å². The van der Waals surface area contributed by atoms with E-state index in [0.29, 0.717) is 24.3 Å². The molecule has 2 rings (SSSR count). The second-order valence-corrected chi connectivity index (χ2v) is 11.8. The van der Waals surface area contributed by atoms with Crippen molar-refractivity contribution in [3.05, 3.63) is 46.1 Å². The summed E-state index contributed by atoms with van der Waals surface area (Å²) in [4.78, 5) is 56.2. The zero-order chi connectivity index (χ0) is 30.9. The number of ether oxygens (including phenoxy) is 2. The lowest BCUT2D eigenvalue weighted by Crippen LogP contribution is -2.59. The standard InChI is InChI=1S/C30H47N3O8S/c1-5-39-30(36)26(17-16-25-13-8-6-7-9-14-25)31-23(3)28(34)32(27-15-11-10-12-22(27)2)24(4)29(35)40-18-20-42-21-19-41-33(37)38/h6-8,13-14,22-24,26-27,31H,5,9-12,15-21H2,1-4H3. The van der Waals surface area contributed by atoms with E-state index in [0.717, 1.165) is 37.7 Å². The molecular formula is C30H47N3O8S. The summed E-state index contributed by atoms with van der Waals surface area (Å²) in [5.74, 6) is -0.0955. The normalized spacial score (nSPS) is 20.4. The fourth-order valence-corrected chi connectivity index (χ4v) is 5.89. The van der Waals surface area contributed by atoms with E-state index in [1.807, 2.05) is 18.2 Å². The molecule has 5 atom stereocenters. The van der Waals surface area contributed by atoms with Crippen molar-refractivity contribution in [3.63, 3.8) is 0 Å². The fraction of sp³-hybridized carbons (Fsp3) is 0.700. The molecule has 0 aromatic carbocycles. The zero-order valence-corrected chi connectivity index (χ0v) is 26.1. The number of nitrogens with zero attached hydrogens (tertiary/aromatic N) is 2. The predicted molar refractivity (Wildman–Crippen MR) is 162 cm³/mol. The second kappa shape index (κ2) is 19.4. The van der Waals surface area contributed by atoms with E-state index < -0.39 is 35.2 Å². The Hall–Kier alpha value is -2.86. The minimum absolute atomic E-state index is 0.0347. The van der Waals surface area contributed by atoms with Crippen molar-refractivity contribution in [2.45, 2.75) is 96.8 Å². The lowest BCUT2D eigenvalue weighted by Gasteiger charge is -2.42. The molecule has 11 nitrogen and oxygen atoms in total. The molecule has 0 radical (unpaired) electrons. The molecule has 42 heavy (non-hydrogen) atoms. The number of amides is 1. The smallest absolute Gasteiger partial charge is 0.328 e. The maximum absolute atomic E-state index is 14.0. The Morgan fingerprint density at radius 2 is 1.86 bits per heavy atom. The van der Waals surface area contributed by atoms with Crippen LogP contribution in [0.4, 0.5) is 0 Å². The van der Waals surface area contributed by atoms with Crippen LogP contribution in [0.5, 0.6) is 0 Å². The first-order valence-electron chi connectivity index (χ1n) is 14.9. The topological polar surface area (TPSA) is 137 Å². The number of nitrogens with one attached hydrogen (secondary N) is 1. The number of allylic oxidation sites excluding steroid dienone is 6. The van der Waals surface area contributed by atoms with E-state index in [1.165, 1.54) is 11.8 Å². The first-order chi connectivity index (χ1) is 20.1. The van der Waals surface area contributed by atoms with Crippen LogP contribution < -0.4 is 5.32 Å². The molecule has 2 aliphatic carbocycles. The number of esters is 2. The largest absolute Gasteiger partial charge is 0.465 e. The predicted octanol–water partition coefficient (Wildman–Crippen LogP) is 4.40. The van der Waals surface area contributed by atoms with Crippen molar-refractivity contribution in [2.75, 3.05) is 31.3 Å². The summed E-state index contributed by atoms with van der Waals surface area (Å²) in [5.41, 5.74) is 1.12. The number of thioether (sulfide) groups is 1. The molecule has 1 fully saturated rings. The summed E-state index contributed by atoms with van der Waals surface area (Å²) in [7, 11) is 0. The molecule has 0 aromatic heterocycles. The summed E-state index contributed by atoms with van der Waals surface area (Å²) in [6, 6.07) is -2.36. The van der Waals surface area contributed by atoms with Crippen LogP contribution in [-0.4, -0.2) is 83.3 Å². The average molecular weight is 610 g/mol. The Morgan fingerprint density at radius 1 is 1.12 bits per heavy atom. The highest BCUT2D eigenvalue weighted by atomic mass is 32.2. The van der Waals surface area contributed by atoms with Crippen molar-refractivity contribution >= 4 is 29.6 Å². The molecule has 1 amide bonds. The average Bonchev–Trinajstić information content (AvgIpc) is 3.24. The van der Waals surface area contributed by atoms with Crippen molar-refractivity contribution in [1.82, 2.24) is 10.2 Å². The Kier molecular flexibility index (Phi) is 16.3. The molecule has 0 spiro atoms. The molecule has 236 valence electrons. The van der Waals surface area contributed by atoms with E-state index in [4.69, 9.17) is 9.47 Å². The van der Waals surface area contributed by atoms with Crippen LogP contribution in [0.25, 0.3) is 0 Å². The van der Waals surface area contributed by atoms with Gasteiger partial charge in [0, 0.05) is 17.5 Å². The van der Waals surface area contributed by atoms with Crippen LogP contribution in [0.3, 0.4) is 0 Å². The van der Waals surface area contributed by atoms with Crippen LogP contribution in [0.2, 0.25) is 0 Å². The molecule has 5 unspecified atom stereocenters. The third-order valence-electron chi connectivity index (χ3n) is 7.52. The minimum Gasteiger partial charge on any atom is -0.465 e. The van der Waals surface area contributed by atoms with Crippen molar-refractivity contribution in [2.24, 2.45) is 5.92 Å². The number of carbonyl (C=O) groups excluding carboxylic acids is 3. The molecule has 12 heteroatoms. The zero-order valence-electron chi connectivity index (χ0n) is 25.3. The summed E-state index contributed by atoms with van der Waals surface area (Å²) < 4.78 is 10.8. The summed E-state index contributed by atoms with van der Waals surface area (Å²) in [5, 5.41) is 12.6. The lowest BCUT2D eigenvalue weighted by molar-refractivity contribution is -0.756. The monoisotopic (exact) mass is 609 g/mol. The van der Waals surface area contributed by atoms with Crippen LogP contribution in [0, 0.1) is 16.0 Å². The van der Waals surface area contributed by atoms with Gasteiger partial charge in [-0.3, -0.25) is 14.9 Å². The van der Waals surface area contributed by atoms with Gasteiger partial charge < -0.3 is 19.2 Å². The van der Waals surface area contributed by atoms with Gasteiger partial charge in [0.15, 0.2) is 0 Å². The molecule has 2 aliphatic rings. The molecular weight excluding hydrogens is 562 g/mol. The van der Waals surface area contributed by atoms with Gasteiger partial charge in [-0.1, -0.05) is 55.7 Å². The van der Waals surface area contributed by atoms with E-state index in [1.54, 1.807) is 25.7 Å². The SMILES string of the molecule is CCOC(=O)C(CCC1=CCC=CC=C1)NC(C)C(=O)N(C(C)C(=O)OCCSCCO[N+](=O)[O-])C1CCCCC1C. The summed E-state index contributed by atoms with van der Waals surface area (Å²) in [6.45, 7) is 7.60. The molecule has 1 N–H and O–H groups in total. The molecule has 0 aliphatic heterocycles.